The number of nitrogens with two attached hydrogens (primary N) is 1. The van der Waals surface area contributed by atoms with Crippen LogP contribution in [0.1, 0.15) is 30.1 Å². The fraction of sp³-hybridized carbons (Fsp3) is 0.261. The zero-order chi connectivity index (χ0) is 20.3. The first-order chi connectivity index (χ1) is 14.8. The number of nitrogens with one attached hydrogen (secondary N) is 2. The van der Waals surface area contributed by atoms with Crippen LogP contribution in [0.5, 0.6) is 0 Å². The Morgan fingerprint density at radius 2 is 1.83 bits per heavy atom. The normalized spacial score (nSPS) is 14.8. The van der Waals surface area contributed by atoms with E-state index < -0.39 is 0 Å². The highest BCUT2D eigenvalue weighted by molar-refractivity contribution is 5.75. The lowest BCUT2D eigenvalue weighted by Gasteiger charge is -2.22. The highest BCUT2D eigenvalue weighted by atomic mass is 15.3. The molecule has 1 aliphatic heterocycles. The Labute approximate surface area is 175 Å². The molecule has 0 aliphatic carbocycles. The number of pyridine rings is 1. The fourth-order valence-corrected chi connectivity index (χ4v) is 3.98. The topological polar surface area (TPSA) is 97.4 Å². The van der Waals surface area contributed by atoms with E-state index in [0.29, 0.717) is 11.9 Å². The van der Waals surface area contributed by atoms with Gasteiger partial charge in [-0.1, -0.05) is 30.3 Å². The van der Waals surface area contributed by atoms with Gasteiger partial charge in [-0.05, 0) is 37.6 Å². The number of nitrogen functional groups attached to an aromatic ring is 1. The summed E-state index contributed by atoms with van der Waals surface area (Å²) in [5, 5.41) is 8.00. The molecule has 3 aromatic heterocycles. The van der Waals surface area contributed by atoms with Crippen molar-refractivity contribution < 1.29 is 0 Å². The molecular formula is C23H25N7. The molecule has 7 heteroatoms. The molecule has 1 aliphatic rings. The first-order valence-electron chi connectivity index (χ1n) is 10.4. The maximum Gasteiger partial charge on any atom is 0.141 e. The number of anilines is 1. The van der Waals surface area contributed by atoms with Crippen molar-refractivity contribution in [2.24, 2.45) is 0 Å². The van der Waals surface area contributed by atoms with Crippen LogP contribution in [-0.2, 0) is 6.42 Å². The largest absolute Gasteiger partial charge is 0.383 e. The van der Waals surface area contributed by atoms with Gasteiger partial charge in [0.2, 0.25) is 0 Å². The van der Waals surface area contributed by atoms with E-state index in [1.54, 1.807) is 6.20 Å². The summed E-state index contributed by atoms with van der Waals surface area (Å²) in [7, 11) is 0. The Kier molecular flexibility index (Phi) is 5.03. The summed E-state index contributed by atoms with van der Waals surface area (Å²) >= 11 is 0. The minimum Gasteiger partial charge on any atom is -0.383 e. The molecule has 0 atom stereocenters. The second-order valence-corrected chi connectivity index (χ2v) is 7.77. The highest BCUT2D eigenvalue weighted by Crippen LogP contribution is 2.29. The first kappa shape index (κ1) is 18.6. The molecule has 0 amide bonds. The third-order valence-electron chi connectivity index (χ3n) is 5.66. The molecule has 152 valence electrons. The van der Waals surface area contributed by atoms with E-state index in [1.807, 2.05) is 36.7 Å². The molecule has 0 bridgehead atoms. The summed E-state index contributed by atoms with van der Waals surface area (Å²) in [5.74, 6) is 1.20. The number of imidazole rings is 1. The summed E-state index contributed by atoms with van der Waals surface area (Å²) in [6.07, 6.45) is 10.7. The zero-order valence-corrected chi connectivity index (χ0v) is 16.8. The van der Waals surface area contributed by atoms with Gasteiger partial charge in [0.15, 0.2) is 0 Å². The van der Waals surface area contributed by atoms with Gasteiger partial charge in [-0.25, -0.2) is 9.97 Å². The summed E-state index contributed by atoms with van der Waals surface area (Å²) in [6.45, 7) is 2.08. The van der Waals surface area contributed by atoms with Gasteiger partial charge in [-0.15, -0.1) is 0 Å². The summed E-state index contributed by atoms with van der Waals surface area (Å²) in [4.78, 5) is 12.4. The SMILES string of the molecule is Nc1ncc(-c2cnn(C3CCNCC3)c2)cc1-c1ncc(Cc2ccccc2)[nH]1. The lowest BCUT2D eigenvalue weighted by atomic mass is 10.1. The summed E-state index contributed by atoms with van der Waals surface area (Å²) in [5.41, 5.74) is 11.3. The average Bonchev–Trinajstić information content (AvgIpc) is 3.46. The van der Waals surface area contributed by atoms with Gasteiger partial charge in [0.05, 0.1) is 17.8 Å². The number of aromatic amines is 1. The van der Waals surface area contributed by atoms with Crippen LogP contribution in [0.2, 0.25) is 0 Å². The predicted molar refractivity (Wildman–Crippen MR) is 118 cm³/mol. The van der Waals surface area contributed by atoms with Crippen molar-refractivity contribution in [2.75, 3.05) is 18.8 Å². The smallest absolute Gasteiger partial charge is 0.141 e. The number of H-pyrrole nitrogens is 1. The Morgan fingerprint density at radius 3 is 2.67 bits per heavy atom. The van der Waals surface area contributed by atoms with Gasteiger partial charge in [0.25, 0.3) is 0 Å². The van der Waals surface area contributed by atoms with Crippen molar-refractivity contribution in [3.63, 3.8) is 0 Å². The van der Waals surface area contributed by atoms with Crippen molar-refractivity contribution in [2.45, 2.75) is 25.3 Å². The van der Waals surface area contributed by atoms with Crippen LogP contribution >= 0.6 is 0 Å². The second kappa shape index (κ2) is 8.12. The van der Waals surface area contributed by atoms with Gasteiger partial charge in [0, 0.05) is 41.8 Å². The van der Waals surface area contributed by atoms with Gasteiger partial charge in [0.1, 0.15) is 11.6 Å². The average molecular weight is 400 g/mol. The molecule has 7 nitrogen and oxygen atoms in total. The number of hydrogen-bond donors (Lipinski definition) is 3. The number of nitrogens with zero attached hydrogens (tertiary/aromatic N) is 4. The van der Waals surface area contributed by atoms with E-state index in [4.69, 9.17) is 5.73 Å². The highest BCUT2D eigenvalue weighted by Gasteiger charge is 2.17. The Morgan fingerprint density at radius 1 is 1.00 bits per heavy atom. The van der Waals surface area contributed by atoms with E-state index in [0.717, 1.165) is 60.6 Å². The zero-order valence-electron chi connectivity index (χ0n) is 16.8. The quantitative estimate of drug-likeness (QED) is 0.478. The lowest BCUT2D eigenvalue weighted by Crippen LogP contribution is -2.29. The van der Waals surface area contributed by atoms with Crippen molar-refractivity contribution in [1.29, 1.82) is 0 Å². The summed E-state index contributed by atoms with van der Waals surface area (Å²) < 4.78 is 2.08. The van der Waals surface area contributed by atoms with Crippen LogP contribution in [0.25, 0.3) is 22.5 Å². The molecule has 4 N–H and O–H groups in total. The molecule has 1 fully saturated rings. The molecule has 0 saturated carbocycles. The van der Waals surface area contributed by atoms with Gasteiger partial charge in [-0.2, -0.15) is 5.10 Å². The van der Waals surface area contributed by atoms with Crippen LogP contribution in [0, 0.1) is 0 Å². The molecule has 0 spiro atoms. The number of rotatable bonds is 5. The van der Waals surface area contributed by atoms with Crippen molar-refractivity contribution >= 4 is 5.82 Å². The van der Waals surface area contributed by atoms with E-state index in [-0.39, 0.29) is 0 Å². The van der Waals surface area contributed by atoms with E-state index in [2.05, 4.69) is 48.4 Å². The molecule has 0 unspecified atom stereocenters. The first-order valence-corrected chi connectivity index (χ1v) is 10.4. The third-order valence-corrected chi connectivity index (χ3v) is 5.66. The Balaban J connectivity index is 1.40. The molecule has 0 radical (unpaired) electrons. The number of hydrogen-bond acceptors (Lipinski definition) is 5. The van der Waals surface area contributed by atoms with E-state index in [9.17, 15) is 0 Å². The van der Waals surface area contributed by atoms with Crippen LogP contribution in [0.15, 0.2) is 61.2 Å². The molecule has 1 saturated heterocycles. The van der Waals surface area contributed by atoms with Crippen molar-refractivity contribution in [3.05, 3.63) is 72.4 Å². The van der Waals surface area contributed by atoms with Gasteiger partial charge >= 0.3 is 0 Å². The fourth-order valence-electron chi connectivity index (χ4n) is 3.98. The molecular weight excluding hydrogens is 374 g/mol. The maximum absolute atomic E-state index is 6.18. The van der Waals surface area contributed by atoms with Gasteiger partial charge in [-0.3, -0.25) is 4.68 Å². The van der Waals surface area contributed by atoms with Crippen LogP contribution < -0.4 is 11.1 Å². The van der Waals surface area contributed by atoms with Crippen LogP contribution in [0.3, 0.4) is 0 Å². The van der Waals surface area contributed by atoms with E-state index in [1.165, 1.54) is 5.56 Å². The van der Waals surface area contributed by atoms with Gasteiger partial charge < -0.3 is 16.0 Å². The molecule has 1 aromatic carbocycles. The predicted octanol–water partition coefficient (Wildman–Crippen LogP) is 3.43. The Hall–Kier alpha value is -3.45. The number of piperidine rings is 1. The van der Waals surface area contributed by atoms with E-state index >= 15 is 0 Å². The molecule has 30 heavy (non-hydrogen) atoms. The third kappa shape index (κ3) is 3.84. The van der Waals surface area contributed by atoms with Crippen molar-refractivity contribution in [1.82, 2.24) is 30.0 Å². The minimum absolute atomic E-state index is 0.451. The Bertz CT molecular complexity index is 1120. The standard InChI is InChI=1S/C23H25N7/c24-22-21(23-27-14-19(29-23)10-16-4-2-1-3-5-16)11-17(12-26-22)18-13-28-30(15-18)20-6-8-25-9-7-20/h1-5,11-15,20,25H,6-10H2,(H2,24,26)(H,27,29). The summed E-state index contributed by atoms with van der Waals surface area (Å²) in [6, 6.07) is 12.8. The van der Waals surface area contributed by atoms with Crippen molar-refractivity contribution in [3.8, 4) is 22.5 Å². The lowest BCUT2D eigenvalue weighted by molar-refractivity contribution is 0.343. The minimum atomic E-state index is 0.451. The maximum atomic E-state index is 6.18. The monoisotopic (exact) mass is 399 g/mol. The molecule has 4 aromatic rings. The van der Waals surface area contributed by atoms with Crippen LogP contribution in [0.4, 0.5) is 5.82 Å². The van der Waals surface area contributed by atoms with Crippen LogP contribution in [-0.4, -0.2) is 37.8 Å². The molecule has 5 rings (SSSR count). The second-order valence-electron chi connectivity index (χ2n) is 7.77. The number of benzene rings is 1. The number of aromatic nitrogens is 5. The molecule has 4 heterocycles.